The molecular formula is C36H55N5O. The van der Waals surface area contributed by atoms with E-state index in [0.29, 0.717) is 6.29 Å². The molecule has 2 aliphatic carbocycles. The predicted molar refractivity (Wildman–Crippen MR) is 178 cm³/mol. The second-order valence-corrected chi connectivity index (χ2v) is 12.8. The van der Waals surface area contributed by atoms with Crippen LogP contribution >= 0.6 is 0 Å². The van der Waals surface area contributed by atoms with E-state index in [0.717, 1.165) is 36.7 Å². The van der Waals surface area contributed by atoms with E-state index in [-0.39, 0.29) is 0 Å². The van der Waals surface area contributed by atoms with Gasteiger partial charge in [0.25, 0.3) is 0 Å². The van der Waals surface area contributed by atoms with E-state index in [1.165, 1.54) is 119 Å². The van der Waals surface area contributed by atoms with Crippen LogP contribution in [0.15, 0.2) is 49.2 Å². The number of benzene rings is 1. The van der Waals surface area contributed by atoms with E-state index in [2.05, 4.69) is 77.8 Å². The van der Waals surface area contributed by atoms with E-state index < -0.39 is 0 Å². The molecule has 6 heteroatoms. The summed E-state index contributed by atoms with van der Waals surface area (Å²) in [4.78, 5) is 21.5. The van der Waals surface area contributed by atoms with Crippen molar-refractivity contribution in [3.63, 3.8) is 0 Å². The van der Waals surface area contributed by atoms with Gasteiger partial charge in [-0.2, -0.15) is 0 Å². The summed E-state index contributed by atoms with van der Waals surface area (Å²) in [5.74, 6) is 2.88. The normalized spacial score (nSPS) is 18.9. The molecule has 0 radical (unpaired) electrons. The van der Waals surface area contributed by atoms with Gasteiger partial charge in [-0.05, 0) is 108 Å². The first-order chi connectivity index (χ1) is 20.5. The number of para-hydroxylation sites is 1. The largest absolute Gasteiger partial charge is 0.371 e. The molecule has 1 N–H and O–H groups in total. The Kier molecular flexibility index (Phi) is 12.9. The Morgan fingerprint density at radius 3 is 2.31 bits per heavy atom. The minimum absolute atomic E-state index is 0.639. The second-order valence-electron chi connectivity index (χ2n) is 12.8. The van der Waals surface area contributed by atoms with Gasteiger partial charge in [0.1, 0.15) is 12.1 Å². The zero-order valence-electron chi connectivity index (χ0n) is 26.6. The van der Waals surface area contributed by atoms with Crippen molar-refractivity contribution in [2.45, 2.75) is 84.1 Å². The molecule has 6 rings (SSSR count). The fourth-order valence-electron chi connectivity index (χ4n) is 6.09. The average Bonchev–Trinajstić information content (AvgIpc) is 3.93. The first kappa shape index (κ1) is 32.2. The maximum atomic E-state index is 9.06. The lowest BCUT2D eigenvalue weighted by Crippen LogP contribution is -2.58. The summed E-state index contributed by atoms with van der Waals surface area (Å²) in [5, 5.41) is 3.65. The molecule has 4 fully saturated rings. The number of aromatic nitrogens is 1. The number of allylic oxidation sites excluding steroid dienone is 1. The van der Waals surface area contributed by atoms with Crippen LogP contribution in [0.4, 0.5) is 17.2 Å². The number of nitrogens with zero attached hydrogens (tertiary/aromatic N) is 4. The predicted octanol–water partition coefficient (Wildman–Crippen LogP) is 7.26. The fourth-order valence-corrected chi connectivity index (χ4v) is 6.09. The van der Waals surface area contributed by atoms with Gasteiger partial charge in [-0.3, -0.25) is 9.69 Å². The maximum absolute atomic E-state index is 9.06. The van der Waals surface area contributed by atoms with Gasteiger partial charge in [-0.1, -0.05) is 51.0 Å². The van der Waals surface area contributed by atoms with Crippen molar-refractivity contribution in [1.82, 2.24) is 14.8 Å². The molecule has 2 saturated carbocycles. The Hall–Kier alpha value is -2.70. The van der Waals surface area contributed by atoms with Gasteiger partial charge in [0.2, 0.25) is 0 Å². The summed E-state index contributed by atoms with van der Waals surface area (Å²) in [6, 6.07) is 11.7. The monoisotopic (exact) mass is 573 g/mol. The van der Waals surface area contributed by atoms with Gasteiger partial charge in [0, 0.05) is 55.4 Å². The number of pyridine rings is 1. The van der Waals surface area contributed by atoms with E-state index in [1.54, 1.807) is 0 Å². The van der Waals surface area contributed by atoms with Gasteiger partial charge in [0.05, 0.1) is 0 Å². The lowest BCUT2D eigenvalue weighted by molar-refractivity contribution is -0.104. The highest BCUT2D eigenvalue weighted by Crippen LogP contribution is 2.39. The Morgan fingerprint density at radius 1 is 1.02 bits per heavy atom. The number of piperidine rings is 1. The number of hydrogen-bond acceptors (Lipinski definition) is 6. The first-order valence-electron chi connectivity index (χ1n) is 16.6. The minimum atomic E-state index is 0.639. The van der Waals surface area contributed by atoms with Gasteiger partial charge < -0.3 is 15.1 Å². The molecule has 1 aromatic carbocycles. The van der Waals surface area contributed by atoms with Crippen LogP contribution in [0.2, 0.25) is 0 Å². The quantitative estimate of drug-likeness (QED) is 0.213. The number of nitrogens with one attached hydrogen (secondary N) is 1. The van der Waals surface area contributed by atoms with E-state index in [4.69, 9.17) is 9.78 Å². The number of aldehydes is 1. The summed E-state index contributed by atoms with van der Waals surface area (Å²) in [6.07, 6.45) is 17.4. The van der Waals surface area contributed by atoms with Crippen molar-refractivity contribution in [3.8, 4) is 0 Å². The van der Waals surface area contributed by atoms with Crippen molar-refractivity contribution in [3.05, 3.63) is 60.3 Å². The van der Waals surface area contributed by atoms with Crippen LogP contribution < -0.4 is 10.2 Å². The third kappa shape index (κ3) is 10.2. The summed E-state index contributed by atoms with van der Waals surface area (Å²) < 4.78 is 0. The molecule has 0 spiro atoms. The molecule has 2 aromatic rings. The zero-order chi connectivity index (χ0) is 29.7. The SMILES string of the molecule is C=CC=O.CCCN(CCC1CC1)c1ccnc(Nc2ccccc2C)c1CC1CC1.CN1CC(N2CCCCC2)C1. The van der Waals surface area contributed by atoms with Crippen LogP contribution in [0.25, 0.3) is 0 Å². The fraction of sp³-hybridized carbons (Fsp3) is 0.611. The zero-order valence-corrected chi connectivity index (χ0v) is 26.6. The Balaban J connectivity index is 0.000000222. The van der Waals surface area contributed by atoms with Crippen molar-refractivity contribution in [2.75, 3.05) is 56.5 Å². The van der Waals surface area contributed by atoms with E-state index in [1.807, 2.05) is 6.20 Å². The molecule has 0 bridgehead atoms. The topological polar surface area (TPSA) is 51.7 Å². The minimum Gasteiger partial charge on any atom is -0.371 e. The molecule has 42 heavy (non-hydrogen) atoms. The maximum Gasteiger partial charge on any atom is 0.142 e. The van der Waals surface area contributed by atoms with E-state index in [9.17, 15) is 0 Å². The number of carbonyl (C=O) groups is 1. The van der Waals surface area contributed by atoms with Crippen LogP contribution in [0.5, 0.6) is 0 Å². The molecule has 2 saturated heterocycles. The lowest BCUT2D eigenvalue weighted by Gasteiger charge is -2.45. The molecule has 230 valence electrons. The standard InChI is InChI=1S/C24H33N3.C9H18N2.C3H4O/c1-3-15-27(16-13-19-8-9-19)23-12-14-25-24(21(23)17-20-10-11-20)26-22-7-5-4-6-18(22)2;1-10-7-9(8-10)11-5-3-2-4-6-11;1-2-3-4/h4-7,12,14,19-20H,3,8-11,13,15-17H2,1-2H3,(H,25,26);9H,2-8H2,1H3;2-3H,1H2. The molecule has 0 unspecified atom stereocenters. The van der Waals surface area contributed by atoms with Crippen LogP contribution in [-0.4, -0.2) is 73.4 Å². The van der Waals surface area contributed by atoms with Crippen molar-refractivity contribution < 1.29 is 4.79 Å². The second kappa shape index (κ2) is 16.8. The van der Waals surface area contributed by atoms with Gasteiger partial charge in [-0.25, -0.2) is 4.98 Å². The summed E-state index contributed by atoms with van der Waals surface area (Å²) >= 11 is 0. The Morgan fingerprint density at radius 2 is 1.71 bits per heavy atom. The lowest BCUT2D eigenvalue weighted by atomic mass is 10.0. The number of rotatable bonds is 12. The molecule has 2 aliphatic heterocycles. The number of anilines is 3. The highest BCUT2D eigenvalue weighted by atomic mass is 16.1. The molecule has 0 amide bonds. The highest BCUT2D eigenvalue weighted by molar-refractivity contribution is 5.69. The third-order valence-electron chi connectivity index (χ3n) is 9.01. The van der Waals surface area contributed by atoms with Crippen LogP contribution in [0.1, 0.15) is 75.8 Å². The third-order valence-corrected chi connectivity index (χ3v) is 9.01. The molecular weight excluding hydrogens is 518 g/mol. The molecule has 6 nitrogen and oxygen atoms in total. The summed E-state index contributed by atoms with van der Waals surface area (Å²) in [5.41, 5.74) is 5.27. The highest BCUT2D eigenvalue weighted by Gasteiger charge is 2.30. The van der Waals surface area contributed by atoms with Crippen LogP contribution in [0.3, 0.4) is 0 Å². The van der Waals surface area contributed by atoms with Gasteiger partial charge >= 0.3 is 0 Å². The Labute approximate surface area is 255 Å². The number of aryl methyl sites for hydroxylation is 1. The smallest absolute Gasteiger partial charge is 0.142 e. The van der Waals surface area contributed by atoms with Gasteiger partial charge in [-0.15, -0.1) is 0 Å². The van der Waals surface area contributed by atoms with Gasteiger partial charge in [0.15, 0.2) is 0 Å². The van der Waals surface area contributed by atoms with Crippen molar-refractivity contribution >= 4 is 23.5 Å². The number of likely N-dealkylation sites (N-methyl/N-ethyl adjacent to an activating group) is 1. The average molecular weight is 574 g/mol. The van der Waals surface area contributed by atoms with Crippen LogP contribution in [-0.2, 0) is 11.2 Å². The summed E-state index contributed by atoms with van der Waals surface area (Å²) in [7, 11) is 2.21. The van der Waals surface area contributed by atoms with E-state index >= 15 is 0 Å². The Bertz CT molecular complexity index is 1090. The number of likely N-dealkylation sites (tertiary alicyclic amines) is 2. The molecule has 4 aliphatic rings. The summed E-state index contributed by atoms with van der Waals surface area (Å²) in [6.45, 7) is 15.2. The van der Waals surface area contributed by atoms with Crippen LogP contribution in [0, 0.1) is 18.8 Å². The number of carbonyl (C=O) groups excluding carboxylic acids is 1. The number of hydrogen-bond donors (Lipinski definition) is 1. The molecule has 1 aromatic heterocycles. The molecule has 0 atom stereocenters. The van der Waals surface area contributed by atoms with Crippen molar-refractivity contribution in [1.29, 1.82) is 0 Å². The first-order valence-corrected chi connectivity index (χ1v) is 16.6. The molecule has 3 heterocycles. The van der Waals surface area contributed by atoms with Crippen molar-refractivity contribution in [2.24, 2.45) is 11.8 Å².